The number of nitrogens with zero attached hydrogens (tertiary/aromatic N) is 3. The molecule has 1 aliphatic heterocycles. The number of rotatable bonds is 4. The number of piperidine rings is 1. The first-order valence-corrected chi connectivity index (χ1v) is 10.2. The van der Waals surface area contributed by atoms with Crippen LogP contribution in [0.25, 0.3) is 0 Å². The summed E-state index contributed by atoms with van der Waals surface area (Å²) in [6.45, 7) is 2.48. The molecule has 1 saturated heterocycles. The van der Waals surface area contributed by atoms with E-state index in [1.165, 1.54) is 0 Å². The van der Waals surface area contributed by atoms with E-state index in [0.717, 1.165) is 24.9 Å². The predicted octanol–water partition coefficient (Wildman–Crippen LogP) is 4.40. The number of carbonyl (C=O) groups is 2. The van der Waals surface area contributed by atoms with Crippen LogP contribution in [0.2, 0.25) is 0 Å². The van der Waals surface area contributed by atoms with Gasteiger partial charge in [0.15, 0.2) is 5.82 Å². The number of nitrogens with one attached hydrogen (secondary N) is 1. The second kappa shape index (κ2) is 8.86. The zero-order valence-corrected chi connectivity index (χ0v) is 16.9. The van der Waals surface area contributed by atoms with E-state index in [1.54, 1.807) is 13.1 Å². The first-order valence-electron chi connectivity index (χ1n) is 10.2. The van der Waals surface area contributed by atoms with Crippen molar-refractivity contribution in [1.82, 2.24) is 14.9 Å². The van der Waals surface area contributed by atoms with Crippen LogP contribution in [0.3, 0.4) is 0 Å². The standard InChI is InChI=1S/C24H24N4O2/c1-17-20(23(29)27-19-12-6-3-7-13-19)16-25-22(26-17)21-14-8-9-15-28(21)24(30)18-10-4-2-5-11-18/h2-7,10-13,16,21H,8-9,14-15H2,1H3,(H,27,29)/t21-/m0/s1. The molecule has 0 bridgehead atoms. The first kappa shape index (κ1) is 19.8. The van der Waals surface area contributed by atoms with Crippen molar-refractivity contribution in [2.75, 3.05) is 11.9 Å². The molecule has 6 nitrogen and oxygen atoms in total. The Hall–Kier alpha value is -3.54. The van der Waals surface area contributed by atoms with Gasteiger partial charge in [0.25, 0.3) is 11.8 Å². The number of hydrogen-bond donors (Lipinski definition) is 1. The van der Waals surface area contributed by atoms with E-state index < -0.39 is 0 Å². The van der Waals surface area contributed by atoms with E-state index in [9.17, 15) is 9.59 Å². The highest BCUT2D eigenvalue weighted by molar-refractivity contribution is 6.04. The van der Waals surface area contributed by atoms with Gasteiger partial charge in [0.05, 0.1) is 17.3 Å². The van der Waals surface area contributed by atoms with Crippen LogP contribution >= 0.6 is 0 Å². The lowest BCUT2D eigenvalue weighted by Crippen LogP contribution is -2.39. The van der Waals surface area contributed by atoms with Crippen LogP contribution in [0.1, 0.15) is 57.5 Å². The molecular weight excluding hydrogens is 376 g/mol. The third kappa shape index (κ3) is 4.22. The van der Waals surface area contributed by atoms with Gasteiger partial charge in [0.1, 0.15) is 0 Å². The number of aromatic nitrogens is 2. The van der Waals surface area contributed by atoms with Crippen molar-refractivity contribution in [1.29, 1.82) is 0 Å². The van der Waals surface area contributed by atoms with Crippen LogP contribution in [-0.2, 0) is 0 Å². The maximum atomic E-state index is 13.1. The summed E-state index contributed by atoms with van der Waals surface area (Å²) in [5, 5.41) is 2.86. The first-order chi connectivity index (χ1) is 14.6. The van der Waals surface area contributed by atoms with Crippen molar-refractivity contribution in [2.24, 2.45) is 0 Å². The second-order valence-electron chi connectivity index (χ2n) is 7.42. The largest absolute Gasteiger partial charge is 0.328 e. The van der Waals surface area contributed by atoms with Gasteiger partial charge in [-0.3, -0.25) is 9.59 Å². The molecule has 0 radical (unpaired) electrons. The number of amides is 2. The number of hydrogen-bond acceptors (Lipinski definition) is 4. The number of aryl methyl sites for hydroxylation is 1. The summed E-state index contributed by atoms with van der Waals surface area (Å²) < 4.78 is 0. The van der Waals surface area contributed by atoms with Crippen LogP contribution in [-0.4, -0.2) is 33.2 Å². The molecule has 3 aromatic rings. The summed E-state index contributed by atoms with van der Waals surface area (Å²) in [7, 11) is 0. The minimum atomic E-state index is -0.244. The van der Waals surface area contributed by atoms with Crippen molar-refractivity contribution in [2.45, 2.75) is 32.2 Å². The van der Waals surface area contributed by atoms with Gasteiger partial charge >= 0.3 is 0 Å². The van der Waals surface area contributed by atoms with Crippen molar-refractivity contribution in [3.05, 3.63) is 89.5 Å². The van der Waals surface area contributed by atoms with Crippen LogP contribution in [0.4, 0.5) is 5.69 Å². The number of anilines is 1. The average molecular weight is 400 g/mol. The lowest BCUT2D eigenvalue weighted by molar-refractivity contribution is 0.0599. The fraction of sp³-hybridized carbons (Fsp3) is 0.250. The molecule has 4 rings (SSSR count). The molecule has 30 heavy (non-hydrogen) atoms. The summed E-state index contributed by atoms with van der Waals surface area (Å²) in [5.41, 5.74) is 2.42. The molecule has 0 aliphatic carbocycles. The van der Waals surface area contributed by atoms with Gasteiger partial charge in [-0.25, -0.2) is 9.97 Å². The molecule has 152 valence electrons. The zero-order valence-electron chi connectivity index (χ0n) is 16.9. The monoisotopic (exact) mass is 400 g/mol. The molecular formula is C24H24N4O2. The SMILES string of the molecule is Cc1nc([C@@H]2CCCCN2C(=O)c2ccccc2)ncc1C(=O)Nc1ccccc1. The molecule has 0 saturated carbocycles. The smallest absolute Gasteiger partial charge is 0.259 e. The Balaban J connectivity index is 1.56. The highest BCUT2D eigenvalue weighted by Crippen LogP contribution is 2.30. The lowest BCUT2D eigenvalue weighted by atomic mass is 9.99. The maximum absolute atomic E-state index is 13.1. The third-order valence-corrected chi connectivity index (χ3v) is 5.36. The zero-order chi connectivity index (χ0) is 20.9. The molecule has 0 unspecified atom stereocenters. The summed E-state index contributed by atoms with van der Waals surface area (Å²) in [6.07, 6.45) is 4.36. The fourth-order valence-corrected chi connectivity index (χ4v) is 3.78. The number of likely N-dealkylation sites (tertiary alicyclic amines) is 1. The van der Waals surface area contributed by atoms with Crippen LogP contribution < -0.4 is 5.32 Å². The van der Waals surface area contributed by atoms with E-state index in [1.807, 2.05) is 65.6 Å². The molecule has 1 fully saturated rings. The molecule has 2 heterocycles. The van der Waals surface area contributed by atoms with Gasteiger partial charge in [0.2, 0.25) is 0 Å². The van der Waals surface area contributed by atoms with Gasteiger partial charge in [-0.2, -0.15) is 0 Å². The summed E-state index contributed by atoms with van der Waals surface area (Å²) in [5.74, 6) is 0.339. The van der Waals surface area contributed by atoms with E-state index in [0.29, 0.717) is 29.2 Å². The third-order valence-electron chi connectivity index (χ3n) is 5.36. The molecule has 1 N–H and O–H groups in total. The fourth-order valence-electron chi connectivity index (χ4n) is 3.78. The quantitative estimate of drug-likeness (QED) is 0.704. The van der Waals surface area contributed by atoms with Gasteiger partial charge in [-0.15, -0.1) is 0 Å². The van der Waals surface area contributed by atoms with E-state index in [-0.39, 0.29) is 17.9 Å². The number of para-hydroxylation sites is 1. The van der Waals surface area contributed by atoms with Crippen LogP contribution in [0.5, 0.6) is 0 Å². The predicted molar refractivity (Wildman–Crippen MR) is 115 cm³/mol. The maximum Gasteiger partial charge on any atom is 0.259 e. The molecule has 6 heteroatoms. The van der Waals surface area contributed by atoms with E-state index in [4.69, 9.17) is 0 Å². The molecule has 2 amide bonds. The van der Waals surface area contributed by atoms with E-state index >= 15 is 0 Å². The summed E-state index contributed by atoms with van der Waals surface area (Å²) in [4.78, 5) is 36.6. The Bertz CT molecular complexity index is 1040. The average Bonchev–Trinajstić information content (AvgIpc) is 2.79. The van der Waals surface area contributed by atoms with Crippen LogP contribution in [0, 0.1) is 6.92 Å². The van der Waals surface area contributed by atoms with Gasteiger partial charge < -0.3 is 10.2 Å². The minimum absolute atomic E-state index is 0.00699. The van der Waals surface area contributed by atoms with Crippen LogP contribution in [0.15, 0.2) is 66.9 Å². The molecule has 0 spiro atoms. The van der Waals surface area contributed by atoms with Crippen molar-refractivity contribution in [3.63, 3.8) is 0 Å². The van der Waals surface area contributed by atoms with Crippen molar-refractivity contribution < 1.29 is 9.59 Å². The van der Waals surface area contributed by atoms with E-state index in [2.05, 4.69) is 15.3 Å². The normalized spacial score (nSPS) is 16.2. The lowest BCUT2D eigenvalue weighted by Gasteiger charge is -2.35. The summed E-state index contributed by atoms with van der Waals surface area (Å²) >= 11 is 0. The van der Waals surface area contributed by atoms with Gasteiger partial charge in [-0.1, -0.05) is 36.4 Å². The second-order valence-corrected chi connectivity index (χ2v) is 7.42. The van der Waals surface area contributed by atoms with Gasteiger partial charge in [-0.05, 0) is 50.5 Å². The Labute approximate surface area is 176 Å². The minimum Gasteiger partial charge on any atom is -0.328 e. The number of carbonyl (C=O) groups excluding carboxylic acids is 2. The molecule has 1 atom stereocenters. The molecule has 1 aromatic heterocycles. The van der Waals surface area contributed by atoms with Crippen molar-refractivity contribution >= 4 is 17.5 Å². The Morgan fingerprint density at radius 1 is 1.00 bits per heavy atom. The topological polar surface area (TPSA) is 75.2 Å². The Kier molecular flexibility index (Phi) is 5.84. The highest BCUT2D eigenvalue weighted by atomic mass is 16.2. The molecule has 2 aromatic carbocycles. The van der Waals surface area contributed by atoms with Crippen molar-refractivity contribution in [3.8, 4) is 0 Å². The molecule has 1 aliphatic rings. The Morgan fingerprint density at radius 3 is 2.40 bits per heavy atom. The summed E-state index contributed by atoms with van der Waals surface area (Å²) in [6, 6.07) is 18.4. The van der Waals surface area contributed by atoms with Gasteiger partial charge in [0, 0.05) is 24.0 Å². The Morgan fingerprint density at radius 2 is 1.70 bits per heavy atom. The highest BCUT2D eigenvalue weighted by Gasteiger charge is 2.31. The number of benzene rings is 2.